The average Bonchev–Trinajstić information content (AvgIpc) is 2.51. The van der Waals surface area contributed by atoms with Crippen LogP contribution in [0.3, 0.4) is 0 Å². The summed E-state index contributed by atoms with van der Waals surface area (Å²) in [6.45, 7) is 2.15. The van der Waals surface area contributed by atoms with E-state index in [1.807, 2.05) is 37.3 Å². The minimum Gasteiger partial charge on any atom is -0.354 e. The van der Waals surface area contributed by atoms with Crippen LogP contribution in [-0.2, 0) is 19.6 Å². The van der Waals surface area contributed by atoms with E-state index < -0.39 is 16.8 Å². The summed E-state index contributed by atoms with van der Waals surface area (Å²) in [4.78, 5) is 23.8. The van der Waals surface area contributed by atoms with Crippen molar-refractivity contribution in [1.82, 2.24) is 14.3 Å². The molecule has 0 fully saturated rings. The number of hydrogen-bond acceptors (Lipinski definition) is 5. The number of aryl methyl sites for hydroxylation is 1. The molecule has 7 nitrogen and oxygen atoms in total. The van der Waals surface area contributed by atoms with Gasteiger partial charge in [0.05, 0.1) is 5.54 Å². The molecule has 1 aromatic carbocycles. The van der Waals surface area contributed by atoms with E-state index in [1.165, 1.54) is 14.1 Å². The quantitative estimate of drug-likeness (QED) is 0.810. The van der Waals surface area contributed by atoms with Crippen LogP contribution in [0.5, 0.6) is 0 Å². The minimum absolute atomic E-state index is 0.0939. The number of hydrogen-bond donors (Lipinski definition) is 2. The van der Waals surface area contributed by atoms with Gasteiger partial charge in [0.25, 0.3) is 5.56 Å². The predicted molar refractivity (Wildman–Crippen MR) is 81.2 cm³/mol. The molecule has 0 saturated carbocycles. The lowest BCUT2D eigenvalue weighted by Crippen LogP contribution is -2.45. The largest absolute Gasteiger partial charge is 0.354 e. The van der Waals surface area contributed by atoms with Gasteiger partial charge in [-0.1, -0.05) is 30.3 Å². The first-order valence-corrected chi connectivity index (χ1v) is 6.57. The van der Waals surface area contributed by atoms with Crippen LogP contribution in [0.1, 0.15) is 12.5 Å². The molecule has 0 aliphatic heterocycles. The molecular weight excluding hydrogens is 270 g/mol. The summed E-state index contributed by atoms with van der Waals surface area (Å²) >= 11 is 0. The van der Waals surface area contributed by atoms with Crippen molar-refractivity contribution >= 4 is 5.82 Å². The van der Waals surface area contributed by atoms with E-state index in [0.29, 0.717) is 0 Å². The molecule has 1 heterocycles. The monoisotopic (exact) mass is 289 g/mol. The highest BCUT2D eigenvalue weighted by atomic mass is 16.2. The molecule has 0 bridgehead atoms. The van der Waals surface area contributed by atoms with Crippen molar-refractivity contribution in [3.05, 3.63) is 56.7 Å². The summed E-state index contributed by atoms with van der Waals surface area (Å²) in [5, 5.41) is 7.07. The average molecular weight is 289 g/mol. The van der Waals surface area contributed by atoms with Gasteiger partial charge in [0.15, 0.2) is 0 Å². The molecule has 0 amide bonds. The van der Waals surface area contributed by atoms with Crippen molar-refractivity contribution in [3.63, 3.8) is 0 Å². The van der Waals surface area contributed by atoms with Gasteiger partial charge in [-0.2, -0.15) is 0 Å². The second-order valence-corrected chi connectivity index (χ2v) is 5.15. The lowest BCUT2D eigenvalue weighted by molar-refractivity contribution is 0.535. The summed E-state index contributed by atoms with van der Waals surface area (Å²) in [7, 11) is 2.91. The fourth-order valence-electron chi connectivity index (χ4n) is 2.09. The molecule has 7 heteroatoms. The van der Waals surface area contributed by atoms with Crippen LogP contribution in [0.25, 0.3) is 0 Å². The van der Waals surface area contributed by atoms with Gasteiger partial charge in [-0.25, -0.2) is 9.48 Å². The van der Waals surface area contributed by atoms with Gasteiger partial charge in [0.2, 0.25) is 5.82 Å². The first kappa shape index (κ1) is 15.0. The Labute approximate surface area is 122 Å². The fourth-order valence-corrected chi connectivity index (χ4v) is 2.09. The number of rotatable bonds is 4. The van der Waals surface area contributed by atoms with Gasteiger partial charge in [0, 0.05) is 20.6 Å². The van der Waals surface area contributed by atoms with E-state index in [-0.39, 0.29) is 12.4 Å². The fraction of sp³-hybridized carbons (Fsp3) is 0.357. The zero-order valence-electron chi connectivity index (χ0n) is 12.3. The van der Waals surface area contributed by atoms with Crippen LogP contribution < -0.4 is 22.3 Å². The van der Waals surface area contributed by atoms with Crippen LogP contribution in [0.2, 0.25) is 0 Å². The molecule has 0 aliphatic rings. The summed E-state index contributed by atoms with van der Waals surface area (Å²) in [5.41, 5.74) is 5.21. The van der Waals surface area contributed by atoms with Gasteiger partial charge in [0.1, 0.15) is 0 Å². The molecule has 2 rings (SSSR count). The first-order valence-electron chi connectivity index (χ1n) is 6.57. The highest BCUT2D eigenvalue weighted by Gasteiger charge is 2.27. The van der Waals surface area contributed by atoms with Crippen molar-refractivity contribution in [2.45, 2.75) is 12.5 Å². The van der Waals surface area contributed by atoms with E-state index in [1.54, 1.807) is 0 Å². The maximum absolute atomic E-state index is 12.2. The molecule has 112 valence electrons. The Morgan fingerprint density at radius 2 is 1.86 bits per heavy atom. The number of nitrogens with one attached hydrogen (secondary N) is 1. The second-order valence-electron chi connectivity index (χ2n) is 5.15. The van der Waals surface area contributed by atoms with Gasteiger partial charge in [-0.15, -0.1) is 5.10 Å². The van der Waals surface area contributed by atoms with Gasteiger partial charge in [-0.05, 0) is 12.5 Å². The molecule has 0 radical (unpaired) electrons. The molecule has 1 atom stereocenters. The van der Waals surface area contributed by atoms with Crippen LogP contribution in [0.4, 0.5) is 5.82 Å². The standard InChI is InChI=1S/C14H19N5O2/c1-14(9-15,10-7-5-4-6-8-10)16-11-12(20)18(2)13(21)19(3)17-11/h4-8H,9,15H2,1-3H3,(H,16,17). The van der Waals surface area contributed by atoms with E-state index in [2.05, 4.69) is 10.4 Å². The van der Waals surface area contributed by atoms with Crippen LogP contribution in [-0.4, -0.2) is 20.9 Å². The third-order valence-electron chi connectivity index (χ3n) is 3.53. The highest BCUT2D eigenvalue weighted by Crippen LogP contribution is 2.22. The summed E-state index contributed by atoms with van der Waals surface area (Å²) in [6.07, 6.45) is 0. The van der Waals surface area contributed by atoms with Gasteiger partial charge < -0.3 is 11.1 Å². The lowest BCUT2D eigenvalue weighted by atomic mass is 9.92. The summed E-state index contributed by atoms with van der Waals surface area (Å²) < 4.78 is 2.13. The molecule has 1 unspecified atom stereocenters. The Hall–Kier alpha value is -2.41. The topological polar surface area (TPSA) is 94.9 Å². The Kier molecular flexibility index (Phi) is 3.95. The molecule has 0 aliphatic carbocycles. The van der Waals surface area contributed by atoms with Crippen LogP contribution in [0, 0.1) is 0 Å². The molecule has 0 spiro atoms. The smallest absolute Gasteiger partial charge is 0.346 e. The Morgan fingerprint density at radius 3 is 2.43 bits per heavy atom. The Morgan fingerprint density at radius 1 is 1.24 bits per heavy atom. The number of nitrogens with zero attached hydrogens (tertiary/aromatic N) is 3. The van der Waals surface area contributed by atoms with Gasteiger partial charge in [-0.3, -0.25) is 9.36 Å². The van der Waals surface area contributed by atoms with E-state index in [0.717, 1.165) is 14.8 Å². The number of aromatic nitrogens is 3. The predicted octanol–water partition coefficient (Wildman–Crippen LogP) is -0.235. The molecule has 0 saturated heterocycles. The number of anilines is 1. The van der Waals surface area contributed by atoms with Crippen molar-refractivity contribution in [3.8, 4) is 0 Å². The third kappa shape index (κ3) is 2.73. The van der Waals surface area contributed by atoms with E-state index in [9.17, 15) is 9.59 Å². The zero-order chi connectivity index (χ0) is 15.6. The molecular formula is C14H19N5O2. The van der Waals surface area contributed by atoms with Crippen molar-refractivity contribution in [2.75, 3.05) is 11.9 Å². The molecule has 2 aromatic rings. The van der Waals surface area contributed by atoms with Crippen molar-refractivity contribution < 1.29 is 0 Å². The Balaban J connectivity index is 2.50. The minimum atomic E-state index is -0.655. The summed E-state index contributed by atoms with van der Waals surface area (Å²) in [5.74, 6) is 0.0939. The SMILES string of the molecule is Cn1nc(NC(C)(CN)c2ccccc2)c(=O)n(C)c1=O. The third-order valence-corrected chi connectivity index (χ3v) is 3.53. The lowest BCUT2D eigenvalue weighted by Gasteiger charge is -2.30. The number of benzene rings is 1. The molecule has 21 heavy (non-hydrogen) atoms. The molecule has 3 N–H and O–H groups in total. The van der Waals surface area contributed by atoms with Gasteiger partial charge >= 0.3 is 5.69 Å². The van der Waals surface area contributed by atoms with E-state index >= 15 is 0 Å². The second kappa shape index (κ2) is 5.53. The maximum Gasteiger partial charge on any atom is 0.346 e. The van der Waals surface area contributed by atoms with E-state index in [4.69, 9.17) is 5.73 Å². The van der Waals surface area contributed by atoms with Crippen molar-refractivity contribution in [1.29, 1.82) is 0 Å². The van der Waals surface area contributed by atoms with Crippen LogP contribution >= 0.6 is 0 Å². The first-order chi connectivity index (χ1) is 9.89. The molecule has 1 aromatic heterocycles. The maximum atomic E-state index is 12.2. The Bertz CT molecular complexity index is 750. The highest BCUT2D eigenvalue weighted by molar-refractivity contribution is 5.39. The zero-order valence-corrected chi connectivity index (χ0v) is 12.3. The normalized spacial score (nSPS) is 13.7. The number of nitrogens with two attached hydrogens (primary N) is 1. The summed E-state index contributed by atoms with van der Waals surface area (Å²) in [6, 6.07) is 9.55. The van der Waals surface area contributed by atoms with Crippen molar-refractivity contribution in [2.24, 2.45) is 19.8 Å². The van der Waals surface area contributed by atoms with Crippen LogP contribution in [0.15, 0.2) is 39.9 Å².